The van der Waals surface area contributed by atoms with Gasteiger partial charge in [-0.05, 0) is 0 Å². The van der Waals surface area contributed by atoms with Gasteiger partial charge in [0, 0.05) is 0 Å². The van der Waals surface area contributed by atoms with Crippen LogP contribution in [0, 0.1) is 0 Å². The standard InChI is InChI=1S/C3Cl3F2NO/c4-2(5,6)3(7,8)9-1-10. The molecule has 0 heterocycles. The number of hydrogen-bond acceptors (Lipinski definition) is 2. The van der Waals surface area contributed by atoms with E-state index in [9.17, 15) is 13.6 Å². The van der Waals surface area contributed by atoms with Gasteiger partial charge in [0.25, 0.3) is 3.79 Å². The van der Waals surface area contributed by atoms with E-state index in [-0.39, 0.29) is 0 Å². The summed E-state index contributed by atoms with van der Waals surface area (Å²) in [6, 6.07) is -4.01. The Balaban J connectivity index is 4.56. The molecule has 0 aromatic carbocycles. The van der Waals surface area contributed by atoms with E-state index in [2.05, 4.69) is 0 Å². The Morgan fingerprint density at radius 3 is 1.80 bits per heavy atom. The SMILES string of the molecule is O=C=NC(F)(F)C(Cl)(Cl)Cl. The highest BCUT2D eigenvalue weighted by atomic mass is 35.6. The van der Waals surface area contributed by atoms with Crippen LogP contribution in [0.2, 0.25) is 0 Å². The molecule has 0 bridgehead atoms. The van der Waals surface area contributed by atoms with Gasteiger partial charge in [-0.1, -0.05) is 34.8 Å². The molecule has 0 saturated carbocycles. The third-order valence-corrected chi connectivity index (χ3v) is 1.21. The van der Waals surface area contributed by atoms with Crippen molar-refractivity contribution in [2.45, 2.75) is 9.84 Å². The minimum absolute atomic E-state index is 0.586. The molecule has 10 heavy (non-hydrogen) atoms. The monoisotopic (exact) mass is 209 g/mol. The average Bonchev–Trinajstić information content (AvgIpc) is 1.61. The normalized spacial score (nSPS) is 12.5. The van der Waals surface area contributed by atoms with Crippen molar-refractivity contribution in [3.8, 4) is 0 Å². The van der Waals surface area contributed by atoms with Gasteiger partial charge in [0.15, 0.2) is 0 Å². The molecule has 0 rings (SSSR count). The van der Waals surface area contributed by atoms with E-state index in [0.717, 1.165) is 0 Å². The molecule has 2 nitrogen and oxygen atoms in total. The molecule has 0 atom stereocenters. The molecule has 0 amide bonds. The summed E-state index contributed by atoms with van der Waals surface area (Å²) in [5.74, 6) is 0. The van der Waals surface area contributed by atoms with Crippen molar-refractivity contribution in [3.63, 3.8) is 0 Å². The quantitative estimate of drug-likeness (QED) is 0.282. The molecular weight excluding hydrogens is 210 g/mol. The summed E-state index contributed by atoms with van der Waals surface area (Å²) < 4.78 is 21.3. The van der Waals surface area contributed by atoms with Gasteiger partial charge in [0.2, 0.25) is 6.08 Å². The Kier molecular flexibility index (Phi) is 3.04. The van der Waals surface area contributed by atoms with E-state index < -0.39 is 9.84 Å². The van der Waals surface area contributed by atoms with E-state index in [1.165, 1.54) is 0 Å². The second-order valence-electron chi connectivity index (χ2n) is 1.24. The van der Waals surface area contributed by atoms with Crippen LogP contribution in [0.3, 0.4) is 0 Å². The van der Waals surface area contributed by atoms with Gasteiger partial charge in [-0.15, -0.1) is 4.99 Å². The minimum Gasteiger partial charge on any atom is -0.211 e. The fourth-order valence-corrected chi connectivity index (χ4v) is 0.247. The van der Waals surface area contributed by atoms with Crippen molar-refractivity contribution >= 4 is 40.9 Å². The molecule has 0 aromatic heterocycles. The molecule has 0 N–H and O–H groups in total. The first-order chi connectivity index (χ1) is 4.31. The molecule has 0 fully saturated rings. The zero-order chi connectivity index (χ0) is 8.41. The number of aliphatic imine (C=N–C) groups is 1. The Morgan fingerprint density at radius 1 is 1.30 bits per heavy atom. The first-order valence-electron chi connectivity index (χ1n) is 1.85. The molecule has 0 radical (unpaired) electrons. The maximum absolute atomic E-state index is 12.1. The molecule has 0 spiro atoms. The molecule has 0 unspecified atom stereocenters. The van der Waals surface area contributed by atoms with E-state index >= 15 is 0 Å². The van der Waals surface area contributed by atoms with Gasteiger partial charge >= 0.3 is 6.05 Å². The highest BCUT2D eigenvalue weighted by Gasteiger charge is 2.51. The van der Waals surface area contributed by atoms with Crippen LogP contribution in [-0.4, -0.2) is 15.9 Å². The van der Waals surface area contributed by atoms with Gasteiger partial charge in [-0.3, -0.25) is 0 Å². The lowest BCUT2D eigenvalue weighted by Crippen LogP contribution is -2.30. The topological polar surface area (TPSA) is 29.4 Å². The van der Waals surface area contributed by atoms with Crippen molar-refractivity contribution < 1.29 is 13.6 Å². The highest BCUT2D eigenvalue weighted by molar-refractivity contribution is 6.68. The van der Waals surface area contributed by atoms with Gasteiger partial charge in [-0.25, -0.2) is 4.79 Å². The summed E-state index contributed by atoms with van der Waals surface area (Å²) in [4.78, 5) is 11.3. The number of nitrogens with zero attached hydrogens (tertiary/aromatic N) is 1. The number of rotatable bonds is 1. The summed E-state index contributed by atoms with van der Waals surface area (Å²) in [7, 11) is 0. The smallest absolute Gasteiger partial charge is 0.211 e. The van der Waals surface area contributed by atoms with E-state index in [0.29, 0.717) is 6.08 Å². The van der Waals surface area contributed by atoms with Crippen LogP contribution in [0.15, 0.2) is 4.99 Å². The number of halogens is 5. The summed E-state index contributed by atoms with van der Waals surface area (Å²) in [6.45, 7) is 0. The largest absolute Gasteiger partial charge is 0.398 e. The van der Waals surface area contributed by atoms with E-state index in [4.69, 9.17) is 34.8 Å². The van der Waals surface area contributed by atoms with Crippen molar-refractivity contribution in [1.29, 1.82) is 0 Å². The van der Waals surface area contributed by atoms with E-state index in [1.807, 2.05) is 4.99 Å². The van der Waals surface area contributed by atoms with Crippen LogP contribution >= 0.6 is 34.8 Å². The fraction of sp³-hybridized carbons (Fsp3) is 0.667. The molecule has 0 aliphatic carbocycles. The Labute approximate surface area is 69.8 Å². The molecule has 7 heteroatoms. The van der Waals surface area contributed by atoms with Crippen LogP contribution in [0.1, 0.15) is 0 Å². The van der Waals surface area contributed by atoms with Gasteiger partial charge < -0.3 is 0 Å². The van der Waals surface area contributed by atoms with Crippen LogP contribution < -0.4 is 0 Å². The lowest BCUT2D eigenvalue weighted by atomic mass is 10.6. The number of alkyl halides is 5. The molecule has 0 aliphatic heterocycles. The lowest BCUT2D eigenvalue weighted by Gasteiger charge is -2.16. The molecule has 0 aliphatic rings. The first-order valence-corrected chi connectivity index (χ1v) is 2.98. The van der Waals surface area contributed by atoms with Crippen LogP contribution in [0.25, 0.3) is 0 Å². The van der Waals surface area contributed by atoms with Crippen molar-refractivity contribution in [2.75, 3.05) is 0 Å². The predicted molar refractivity (Wildman–Crippen MR) is 33.4 cm³/mol. The van der Waals surface area contributed by atoms with Crippen molar-refractivity contribution in [2.24, 2.45) is 4.99 Å². The minimum atomic E-state index is -4.01. The summed E-state index contributed by atoms with van der Waals surface area (Å²) in [5.41, 5.74) is 0. The molecule has 58 valence electrons. The zero-order valence-electron chi connectivity index (χ0n) is 4.25. The Morgan fingerprint density at radius 2 is 1.70 bits per heavy atom. The summed E-state index contributed by atoms with van der Waals surface area (Å²) >= 11 is 14.1. The van der Waals surface area contributed by atoms with Crippen molar-refractivity contribution in [1.82, 2.24) is 0 Å². The summed E-state index contributed by atoms with van der Waals surface area (Å²) in [5, 5.41) is 0. The van der Waals surface area contributed by atoms with Crippen LogP contribution in [0.5, 0.6) is 0 Å². The highest BCUT2D eigenvalue weighted by Crippen LogP contribution is 2.42. The van der Waals surface area contributed by atoms with Gasteiger partial charge in [-0.2, -0.15) is 8.78 Å². The number of carbonyl (C=O) groups excluding carboxylic acids is 1. The van der Waals surface area contributed by atoms with Crippen LogP contribution in [0.4, 0.5) is 8.78 Å². The zero-order valence-corrected chi connectivity index (χ0v) is 6.51. The third-order valence-electron chi connectivity index (χ3n) is 0.527. The van der Waals surface area contributed by atoms with Gasteiger partial charge in [0.1, 0.15) is 0 Å². The first kappa shape index (κ1) is 10.1. The second-order valence-corrected chi connectivity index (χ2v) is 3.52. The Hall–Kier alpha value is 0.110. The number of isocyanates is 1. The molecule has 0 aromatic rings. The average molecular weight is 210 g/mol. The van der Waals surface area contributed by atoms with E-state index in [1.54, 1.807) is 0 Å². The van der Waals surface area contributed by atoms with Gasteiger partial charge in [0.05, 0.1) is 0 Å². The maximum Gasteiger partial charge on any atom is 0.398 e. The fourth-order valence-electron chi connectivity index (χ4n) is 0.121. The Bertz CT molecular complexity index is 171. The maximum atomic E-state index is 12.1. The predicted octanol–water partition coefficient (Wildman–Crippen LogP) is 2.29. The lowest BCUT2D eigenvalue weighted by molar-refractivity contribution is 0.0154. The second kappa shape index (κ2) is 3.01. The molecule has 0 saturated heterocycles. The van der Waals surface area contributed by atoms with Crippen LogP contribution in [-0.2, 0) is 4.79 Å². The van der Waals surface area contributed by atoms with Crippen molar-refractivity contribution in [3.05, 3.63) is 0 Å². The third kappa shape index (κ3) is 2.39. The number of hydrogen-bond donors (Lipinski definition) is 0. The summed E-state index contributed by atoms with van der Waals surface area (Å²) in [6.07, 6.45) is 0.586. The molecular formula is C3Cl3F2NO.